The van der Waals surface area contributed by atoms with Gasteiger partial charge in [-0.1, -0.05) is 54.6 Å². The molecule has 10 heteroatoms. The molecule has 1 atom stereocenters. The molecule has 1 amide bonds. The molecule has 3 rings (SSSR count). The lowest BCUT2D eigenvalue weighted by molar-refractivity contribution is -0.115. The molecule has 1 heterocycles. The molecule has 0 bridgehead atoms. The maximum atomic E-state index is 12.7. The minimum Gasteiger partial charge on any atom is -0.325 e. The molecule has 0 spiro atoms. The van der Waals surface area contributed by atoms with Crippen LogP contribution in [0.5, 0.6) is 0 Å². The molecular formula is C21H23ClN4O3S2. The van der Waals surface area contributed by atoms with E-state index in [9.17, 15) is 13.2 Å². The third-order valence-corrected chi connectivity index (χ3v) is 8.13. The Labute approximate surface area is 191 Å². The predicted molar refractivity (Wildman–Crippen MR) is 123 cm³/mol. The van der Waals surface area contributed by atoms with Crippen LogP contribution < -0.4 is 5.32 Å². The topological polar surface area (TPSA) is 93.9 Å². The summed E-state index contributed by atoms with van der Waals surface area (Å²) in [6.45, 7) is 3.79. The number of halogens is 1. The number of aromatic nitrogens is 3. The van der Waals surface area contributed by atoms with Gasteiger partial charge in [0.1, 0.15) is 11.6 Å². The first kappa shape index (κ1) is 23.3. The molecule has 1 aromatic heterocycles. The molecule has 0 aliphatic carbocycles. The third kappa shape index (κ3) is 5.66. The Hall–Kier alpha value is -2.36. The second-order valence-electron chi connectivity index (χ2n) is 7.00. The van der Waals surface area contributed by atoms with E-state index in [0.29, 0.717) is 28.1 Å². The fourth-order valence-electron chi connectivity index (χ4n) is 2.80. The minimum atomic E-state index is -3.55. The zero-order chi connectivity index (χ0) is 22.6. The van der Waals surface area contributed by atoms with Crippen molar-refractivity contribution >= 4 is 44.8 Å². The van der Waals surface area contributed by atoms with Gasteiger partial charge in [0.05, 0.1) is 10.1 Å². The van der Waals surface area contributed by atoms with Gasteiger partial charge in [0.25, 0.3) is 0 Å². The van der Waals surface area contributed by atoms with Crippen LogP contribution in [0.2, 0.25) is 5.02 Å². The van der Waals surface area contributed by atoms with E-state index in [2.05, 4.69) is 15.5 Å². The first-order valence-electron chi connectivity index (χ1n) is 9.61. The van der Waals surface area contributed by atoms with Crippen LogP contribution in [0.4, 0.5) is 5.69 Å². The van der Waals surface area contributed by atoms with Gasteiger partial charge in [0, 0.05) is 17.8 Å². The smallest absolute Gasteiger partial charge is 0.237 e. The molecule has 1 unspecified atom stereocenters. The third-order valence-electron chi connectivity index (χ3n) is 4.70. The average molecular weight is 479 g/mol. The van der Waals surface area contributed by atoms with Crippen molar-refractivity contribution in [1.82, 2.24) is 14.8 Å². The Morgan fingerprint density at radius 1 is 1.19 bits per heavy atom. The average Bonchev–Trinajstić information content (AvgIpc) is 3.08. The highest BCUT2D eigenvalue weighted by molar-refractivity contribution is 8.00. The number of aryl methyl sites for hydroxylation is 1. The number of amides is 1. The zero-order valence-corrected chi connectivity index (χ0v) is 19.8. The summed E-state index contributed by atoms with van der Waals surface area (Å²) in [7, 11) is -1.85. The van der Waals surface area contributed by atoms with Crippen molar-refractivity contribution in [3.63, 3.8) is 0 Å². The predicted octanol–water partition coefficient (Wildman–Crippen LogP) is 4.26. The highest BCUT2D eigenvalue weighted by atomic mass is 35.5. The van der Waals surface area contributed by atoms with Crippen molar-refractivity contribution in [2.75, 3.05) is 5.32 Å². The molecule has 3 aromatic rings. The second-order valence-corrected chi connectivity index (χ2v) is 10.6. The summed E-state index contributed by atoms with van der Waals surface area (Å²) in [5, 5.41) is 11.6. The van der Waals surface area contributed by atoms with Crippen LogP contribution in [0, 0.1) is 6.92 Å². The number of sulfone groups is 1. The Morgan fingerprint density at radius 3 is 2.55 bits per heavy atom. The second kappa shape index (κ2) is 9.84. The summed E-state index contributed by atoms with van der Waals surface area (Å²) in [6.07, 6.45) is 0.556. The highest BCUT2D eigenvalue weighted by Gasteiger charge is 2.24. The van der Waals surface area contributed by atoms with Crippen molar-refractivity contribution in [3.05, 3.63) is 64.9 Å². The number of nitrogens with one attached hydrogen (secondary N) is 1. The maximum Gasteiger partial charge on any atom is 0.237 e. The standard InChI is InChI=1S/C21H23ClN4O3S2/c1-4-18(20(27)23-15-11-10-14(2)17(22)12-15)30-21-25-24-19(26(21)3)13-31(28,29)16-8-6-5-7-9-16/h5-12,18H,4,13H2,1-3H3,(H,23,27). The van der Waals surface area contributed by atoms with E-state index in [0.717, 1.165) is 5.56 Å². The fourth-order valence-corrected chi connectivity index (χ4v) is 5.25. The molecule has 1 N–H and O–H groups in total. The molecule has 2 aromatic carbocycles. The largest absolute Gasteiger partial charge is 0.325 e. The van der Waals surface area contributed by atoms with E-state index in [1.807, 2.05) is 19.9 Å². The summed E-state index contributed by atoms with van der Waals surface area (Å²) in [4.78, 5) is 13.0. The van der Waals surface area contributed by atoms with Crippen LogP contribution in [0.1, 0.15) is 24.7 Å². The van der Waals surface area contributed by atoms with Crippen molar-refractivity contribution in [3.8, 4) is 0 Å². The monoisotopic (exact) mass is 478 g/mol. The molecule has 0 saturated heterocycles. The summed E-state index contributed by atoms with van der Waals surface area (Å²) in [6, 6.07) is 13.6. The molecule has 0 radical (unpaired) electrons. The molecule has 0 aliphatic heterocycles. The van der Waals surface area contributed by atoms with E-state index in [4.69, 9.17) is 11.6 Å². The first-order chi connectivity index (χ1) is 14.7. The van der Waals surface area contributed by atoms with E-state index < -0.39 is 15.1 Å². The fraction of sp³-hybridized carbons (Fsp3) is 0.286. The van der Waals surface area contributed by atoms with Crippen LogP contribution in [0.3, 0.4) is 0 Å². The lowest BCUT2D eigenvalue weighted by Gasteiger charge is -2.15. The quantitative estimate of drug-likeness (QED) is 0.486. The van der Waals surface area contributed by atoms with Gasteiger partial charge >= 0.3 is 0 Å². The Morgan fingerprint density at radius 2 is 1.90 bits per heavy atom. The van der Waals surface area contributed by atoms with E-state index >= 15 is 0 Å². The Bertz CT molecular complexity index is 1180. The molecule has 31 heavy (non-hydrogen) atoms. The van der Waals surface area contributed by atoms with Crippen LogP contribution in [-0.2, 0) is 27.4 Å². The van der Waals surface area contributed by atoms with Gasteiger partial charge in [-0.05, 0) is 43.2 Å². The number of carbonyl (C=O) groups is 1. The SMILES string of the molecule is CCC(Sc1nnc(CS(=O)(=O)c2ccccc2)n1C)C(=O)Nc1ccc(C)c(Cl)c1. The van der Waals surface area contributed by atoms with Crippen LogP contribution >= 0.6 is 23.4 Å². The van der Waals surface area contributed by atoms with Gasteiger partial charge in [-0.15, -0.1) is 10.2 Å². The Kier molecular flexibility index (Phi) is 7.40. The maximum absolute atomic E-state index is 12.7. The Balaban J connectivity index is 1.72. The summed E-state index contributed by atoms with van der Waals surface area (Å²) >= 11 is 7.38. The van der Waals surface area contributed by atoms with E-state index in [-0.39, 0.29) is 16.6 Å². The molecular weight excluding hydrogens is 456 g/mol. The van der Waals surface area contributed by atoms with Crippen LogP contribution in [-0.4, -0.2) is 34.3 Å². The van der Waals surface area contributed by atoms with Crippen molar-refractivity contribution in [1.29, 1.82) is 0 Å². The van der Waals surface area contributed by atoms with Gasteiger partial charge in [-0.2, -0.15) is 0 Å². The number of benzene rings is 2. The van der Waals surface area contributed by atoms with Crippen molar-refractivity contribution in [2.24, 2.45) is 7.05 Å². The summed E-state index contributed by atoms with van der Waals surface area (Å²) in [5.41, 5.74) is 1.55. The zero-order valence-electron chi connectivity index (χ0n) is 17.4. The van der Waals surface area contributed by atoms with E-state index in [1.54, 1.807) is 54.1 Å². The molecule has 7 nitrogen and oxygen atoms in total. The number of nitrogens with zero attached hydrogens (tertiary/aromatic N) is 3. The van der Waals surface area contributed by atoms with Crippen molar-refractivity contribution < 1.29 is 13.2 Å². The van der Waals surface area contributed by atoms with Gasteiger partial charge in [-0.25, -0.2) is 8.42 Å². The number of hydrogen-bond donors (Lipinski definition) is 1. The lowest BCUT2D eigenvalue weighted by Crippen LogP contribution is -2.25. The number of rotatable bonds is 8. The van der Waals surface area contributed by atoms with Gasteiger partial charge in [-0.3, -0.25) is 4.79 Å². The number of hydrogen-bond acceptors (Lipinski definition) is 6. The molecule has 0 aliphatic rings. The number of carbonyl (C=O) groups excluding carboxylic acids is 1. The first-order valence-corrected chi connectivity index (χ1v) is 12.5. The van der Waals surface area contributed by atoms with E-state index in [1.165, 1.54) is 11.8 Å². The summed E-state index contributed by atoms with van der Waals surface area (Å²) < 4.78 is 26.9. The number of thioether (sulfide) groups is 1. The van der Waals surface area contributed by atoms with Crippen molar-refractivity contribution in [2.45, 2.75) is 41.3 Å². The minimum absolute atomic E-state index is 0.186. The van der Waals surface area contributed by atoms with Crippen LogP contribution in [0.25, 0.3) is 0 Å². The normalized spacial score (nSPS) is 12.5. The lowest BCUT2D eigenvalue weighted by atomic mass is 10.2. The molecule has 0 saturated carbocycles. The molecule has 0 fully saturated rings. The number of anilines is 1. The van der Waals surface area contributed by atoms with Gasteiger partial charge < -0.3 is 9.88 Å². The van der Waals surface area contributed by atoms with Gasteiger partial charge in [0.15, 0.2) is 15.0 Å². The van der Waals surface area contributed by atoms with Gasteiger partial charge in [0.2, 0.25) is 5.91 Å². The highest BCUT2D eigenvalue weighted by Crippen LogP contribution is 2.27. The summed E-state index contributed by atoms with van der Waals surface area (Å²) in [5.74, 6) is -0.146. The molecule has 164 valence electrons. The van der Waals surface area contributed by atoms with Crippen LogP contribution in [0.15, 0.2) is 58.6 Å².